The average Bonchev–Trinajstić information content (AvgIpc) is 2.42. The molecule has 1 aliphatic carbocycles. The molecule has 0 amide bonds. The highest BCUT2D eigenvalue weighted by molar-refractivity contribution is 6.12. The maximum atomic E-state index is 13.4. The normalized spacial score (nSPS) is 49.8. The summed E-state index contributed by atoms with van der Waals surface area (Å²) >= 11 is 0. The summed E-state index contributed by atoms with van der Waals surface area (Å²) in [5.74, 6) is -2.35. The van der Waals surface area contributed by atoms with E-state index in [1.165, 1.54) is 0 Å². The van der Waals surface area contributed by atoms with Gasteiger partial charge in [-0.2, -0.15) is 0 Å². The zero-order valence-electron chi connectivity index (χ0n) is 9.51. The molecule has 0 aromatic heterocycles. The number of halogens is 2. The Labute approximate surface area is 95.7 Å². The van der Waals surface area contributed by atoms with Crippen molar-refractivity contribution in [2.75, 3.05) is 26.8 Å². The monoisotopic (exact) mass is 227 g/mol. The van der Waals surface area contributed by atoms with E-state index in [0.29, 0.717) is 19.6 Å². The molecule has 0 aromatic rings. The van der Waals surface area contributed by atoms with Crippen LogP contribution >= 0.6 is 0 Å². The van der Waals surface area contributed by atoms with Crippen LogP contribution in [0.2, 0.25) is 5.82 Å². The molecule has 16 heavy (non-hydrogen) atoms. The molecule has 3 unspecified atom stereocenters. The lowest BCUT2D eigenvalue weighted by atomic mass is 9.78. The average molecular weight is 227 g/mol. The summed E-state index contributed by atoms with van der Waals surface area (Å²) < 4.78 is 32.0. The van der Waals surface area contributed by atoms with Gasteiger partial charge in [-0.1, -0.05) is 5.82 Å². The topological polar surface area (TPSA) is 12.5 Å². The van der Waals surface area contributed by atoms with Crippen molar-refractivity contribution in [1.82, 2.24) is 4.90 Å². The molecule has 0 aromatic carbocycles. The van der Waals surface area contributed by atoms with E-state index in [0.717, 1.165) is 13.0 Å². The highest BCUT2D eigenvalue weighted by atomic mass is 19.3. The molecule has 2 aliphatic heterocycles. The molecule has 3 fully saturated rings. The second-order valence-corrected chi connectivity index (χ2v) is 5.84. The Morgan fingerprint density at radius 1 is 1.44 bits per heavy atom. The van der Waals surface area contributed by atoms with E-state index in [4.69, 9.17) is 12.6 Å². The van der Waals surface area contributed by atoms with Crippen LogP contribution in [0.1, 0.15) is 19.3 Å². The molecule has 2 radical (unpaired) electrons. The molecule has 1 spiro atoms. The first-order chi connectivity index (χ1) is 7.43. The Bertz CT molecular complexity index is 327. The first kappa shape index (κ1) is 11.0. The maximum absolute atomic E-state index is 13.4. The Hall–Kier alpha value is -0.155. The van der Waals surface area contributed by atoms with Crippen LogP contribution < -0.4 is 0 Å². The second kappa shape index (κ2) is 2.99. The number of fused-ring (bicyclic) bond motifs is 1. The van der Waals surface area contributed by atoms with Gasteiger partial charge < -0.3 is 4.74 Å². The summed E-state index contributed by atoms with van der Waals surface area (Å²) in [4.78, 5) is 2.14. The number of hydrogen-bond donors (Lipinski definition) is 0. The molecule has 88 valence electrons. The van der Waals surface area contributed by atoms with Gasteiger partial charge in [0.1, 0.15) is 0 Å². The number of hydrogen-bond acceptors (Lipinski definition) is 2. The molecule has 2 heterocycles. The van der Waals surface area contributed by atoms with E-state index in [2.05, 4.69) is 4.90 Å². The van der Waals surface area contributed by atoms with Crippen LogP contribution in [0.15, 0.2) is 0 Å². The number of alkyl halides is 2. The molecule has 0 N–H and O–H groups in total. The van der Waals surface area contributed by atoms with Gasteiger partial charge in [0.05, 0.1) is 19.9 Å². The summed E-state index contributed by atoms with van der Waals surface area (Å²) in [5, 5.41) is 0. The molecule has 3 aliphatic rings. The maximum Gasteiger partial charge on any atom is 0.255 e. The third-order valence-electron chi connectivity index (χ3n) is 4.55. The van der Waals surface area contributed by atoms with Crippen molar-refractivity contribution in [3.05, 3.63) is 0 Å². The molecule has 3 atom stereocenters. The van der Waals surface area contributed by atoms with E-state index in [1.54, 1.807) is 7.11 Å². The second-order valence-electron chi connectivity index (χ2n) is 5.84. The summed E-state index contributed by atoms with van der Waals surface area (Å²) in [6.07, 6.45) is 1.39. The van der Waals surface area contributed by atoms with Crippen LogP contribution in [0.4, 0.5) is 8.78 Å². The molecule has 2 saturated heterocycles. The number of methoxy groups -OCH3 is 1. The number of ether oxygens (including phenoxy) is 1. The Kier molecular flexibility index (Phi) is 2.05. The zero-order chi connectivity index (χ0) is 11.6. The van der Waals surface area contributed by atoms with Crippen molar-refractivity contribution in [2.45, 2.75) is 36.5 Å². The van der Waals surface area contributed by atoms with Crippen LogP contribution in [0.5, 0.6) is 0 Å². The Balaban J connectivity index is 1.84. The molecule has 1 saturated carbocycles. The molecule has 3 rings (SSSR count). The van der Waals surface area contributed by atoms with E-state index >= 15 is 0 Å². The summed E-state index contributed by atoms with van der Waals surface area (Å²) in [7, 11) is 7.56. The van der Waals surface area contributed by atoms with Gasteiger partial charge in [0.15, 0.2) is 0 Å². The smallest absolute Gasteiger partial charge is 0.255 e. The van der Waals surface area contributed by atoms with E-state index in [1.807, 2.05) is 0 Å². The summed E-state index contributed by atoms with van der Waals surface area (Å²) in [6, 6.07) is 0. The van der Waals surface area contributed by atoms with Crippen LogP contribution in [0.25, 0.3) is 0 Å². The molecule has 0 bridgehead atoms. The predicted octanol–water partition coefficient (Wildman–Crippen LogP) is 1.46. The van der Waals surface area contributed by atoms with Gasteiger partial charge in [-0.05, 0) is 19.4 Å². The lowest BCUT2D eigenvalue weighted by Gasteiger charge is -2.31. The SMILES string of the molecule is [B]C1CN2CC3(CC2(COC)C1)CC3(F)F. The highest BCUT2D eigenvalue weighted by Crippen LogP contribution is 2.70. The van der Waals surface area contributed by atoms with Crippen molar-refractivity contribution in [3.8, 4) is 0 Å². The quantitative estimate of drug-likeness (QED) is 0.662. The van der Waals surface area contributed by atoms with Gasteiger partial charge in [-0.25, -0.2) is 8.78 Å². The minimum Gasteiger partial charge on any atom is -0.383 e. The largest absolute Gasteiger partial charge is 0.383 e. The van der Waals surface area contributed by atoms with Gasteiger partial charge >= 0.3 is 0 Å². The zero-order valence-corrected chi connectivity index (χ0v) is 9.51. The molecule has 5 heteroatoms. The molecular weight excluding hydrogens is 211 g/mol. The van der Waals surface area contributed by atoms with Gasteiger partial charge in [0.2, 0.25) is 0 Å². The minimum absolute atomic E-state index is 0.0528. The Morgan fingerprint density at radius 3 is 2.69 bits per heavy atom. The van der Waals surface area contributed by atoms with Gasteiger partial charge in [-0.15, -0.1) is 0 Å². The number of rotatable bonds is 2. The van der Waals surface area contributed by atoms with Crippen molar-refractivity contribution in [1.29, 1.82) is 0 Å². The summed E-state index contributed by atoms with van der Waals surface area (Å²) in [6.45, 7) is 1.76. The predicted molar refractivity (Wildman–Crippen MR) is 56.9 cm³/mol. The fourth-order valence-electron chi connectivity index (χ4n) is 3.84. The lowest BCUT2D eigenvalue weighted by molar-refractivity contribution is 0.0582. The van der Waals surface area contributed by atoms with E-state index < -0.39 is 11.3 Å². The fraction of sp³-hybridized carbons (Fsp3) is 1.00. The molecular formula is C11H16BF2NO. The standard InChI is InChI=1S/C11H16BF2NO/c1-16-7-10-2-8(12)3-15(10)6-9(4-10)5-11(9,13)14/h8H,2-7H2,1H3. The third-order valence-corrected chi connectivity index (χ3v) is 4.55. The minimum atomic E-state index is -2.46. The van der Waals surface area contributed by atoms with Gasteiger partial charge in [-0.3, -0.25) is 4.90 Å². The number of nitrogens with zero attached hydrogens (tertiary/aromatic N) is 1. The first-order valence-electron chi connectivity index (χ1n) is 5.81. The Morgan fingerprint density at radius 2 is 2.12 bits per heavy atom. The van der Waals surface area contributed by atoms with E-state index in [-0.39, 0.29) is 17.8 Å². The van der Waals surface area contributed by atoms with E-state index in [9.17, 15) is 8.78 Å². The highest BCUT2D eigenvalue weighted by Gasteiger charge is 2.77. The first-order valence-corrected chi connectivity index (χ1v) is 5.81. The van der Waals surface area contributed by atoms with Crippen molar-refractivity contribution in [3.63, 3.8) is 0 Å². The van der Waals surface area contributed by atoms with Crippen molar-refractivity contribution < 1.29 is 13.5 Å². The van der Waals surface area contributed by atoms with Crippen LogP contribution in [0, 0.1) is 5.41 Å². The fourth-order valence-corrected chi connectivity index (χ4v) is 3.84. The third kappa shape index (κ3) is 1.24. The van der Waals surface area contributed by atoms with Gasteiger partial charge in [0, 0.05) is 25.6 Å². The summed E-state index contributed by atoms with van der Waals surface area (Å²) in [5.41, 5.74) is -0.972. The van der Waals surface area contributed by atoms with Crippen LogP contribution in [-0.2, 0) is 4.74 Å². The van der Waals surface area contributed by atoms with Crippen LogP contribution in [-0.4, -0.2) is 51.0 Å². The van der Waals surface area contributed by atoms with Crippen molar-refractivity contribution in [2.24, 2.45) is 5.41 Å². The lowest BCUT2D eigenvalue weighted by Crippen LogP contribution is -2.42. The van der Waals surface area contributed by atoms with Gasteiger partial charge in [0.25, 0.3) is 5.92 Å². The molecule has 2 nitrogen and oxygen atoms in total. The van der Waals surface area contributed by atoms with Crippen LogP contribution in [0.3, 0.4) is 0 Å². The van der Waals surface area contributed by atoms with Crippen molar-refractivity contribution >= 4 is 7.85 Å².